The number of aromatic nitrogens is 3. The van der Waals surface area contributed by atoms with Crippen molar-refractivity contribution < 1.29 is 10.0 Å². The number of hydrogen-bond acceptors (Lipinski definition) is 6. The highest BCUT2D eigenvalue weighted by Crippen LogP contribution is 2.31. The number of nitro benzene ring substituents is 1. The van der Waals surface area contributed by atoms with Crippen LogP contribution in [0.3, 0.4) is 0 Å². The normalized spacial score (nSPS) is 11.5. The second kappa shape index (κ2) is 12.4. The van der Waals surface area contributed by atoms with Crippen molar-refractivity contribution in [3.05, 3.63) is 55.2 Å². The van der Waals surface area contributed by atoms with Gasteiger partial charge in [0.05, 0.1) is 34.5 Å². The quantitative estimate of drug-likeness (QED) is 0.160. The van der Waals surface area contributed by atoms with Gasteiger partial charge >= 0.3 is 5.69 Å². The van der Waals surface area contributed by atoms with Crippen molar-refractivity contribution in [2.24, 2.45) is 0 Å². The number of nitrogens with zero attached hydrogens (tertiary/aromatic N) is 4. The van der Waals surface area contributed by atoms with Crippen LogP contribution in [0, 0.1) is 10.1 Å². The van der Waals surface area contributed by atoms with Gasteiger partial charge in [-0.25, -0.2) is 4.79 Å². The Morgan fingerprint density at radius 3 is 2.21 bits per heavy atom. The van der Waals surface area contributed by atoms with Gasteiger partial charge in [0.25, 0.3) is 11.2 Å². The first-order valence-corrected chi connectivity index (χ1v) is 12.3. The Hall–Kier alpha value is -3.07. The van der Waals surface area contributed by atoms with Crippen LogP contribution >= 0.6 is 0 Å². The summed E-state index contributed by atoms with van der Waals surface area (Å²) >= 11 is 0. The second-order valence-corrected chi connectivity index (χ2v) is 8.76. The summed E-state index contributed by atoms with van der Waals surface area (Å²) in [6, 6.07) is 6.21. The molecule has 0 aromatic heterocycles. The molecule has 9 heteroatoms. The zero-order valence-corrected chi connectivity index (χ0v) is 19.9. The van der Waals surface area contributed by atoms with Gasteiger partial charge in [-0.3, -0.25) is 19.5 Å². The van der Waals surface area contributed by atoms with E-state index in [0.29, 0.717) is 17.4 Å². The van der Waals surface area contributed by atoms with Crippen LogP contribution in [0.4, 0.5) is 5.69 Å². The number of aliphatic hydroxyl groups is 1. The van der Waals surface area contributed by atoms with Crippen LogP contribution in [0.1, 0.15) is 71.1 Å². The number of fused-ring (bicyclic) bond motifs is 2. The molecule has 0 aliphatic carbocycles. The molecule has 2 aliphatic rings. The Kier molecular flexibility index (Phi) is 9.33. The summed E-state index contributed by atoms with van der Waals surface area (Å²) in [5, 5.41) is 21.2. The van der Waals surface area contributed by atoms with E-state index in [4.69, 9.17) is 0 Å². The number of aliphatic hydroxyl groups excluding tert-OH is 1. The number of benzene rings is 1. The molecule has 1 aromatic carbocycles. The molecule has 0 bridgehead atoms. The molecule has 0 radical (unpaired) electrons. The summed E-state index contributed by atoms with van der Waals surface area (Å²) < 4.78 is 2.63. The molecule has 0 spiro atoms. The van der Waals surface area contributed by atoms with Crippen LogP contribution in [0.5, 0.6) is 0 Å². The minimum atomic E-state index is -0.729. The lowest BCUT2D eigenvalue weighted by molar-refractivity contribution is -0.383. The largest absolute Gasteiger partial charge is 0.395 e. The maximum atomic E-state index is 13.0. The molecule has 0 unspecified atom stereocenters. The third-order valence-electron chi connectivity index (χ3n) is 6.30. The summed E-state index contributed by atoms with van der Waals surface area (Å²) in [5.74, 6) is 0.230. The molecule has 1 N–H and O–H groups in total. The van der Waals surface area contributed by atoms with Crippen LogP contribution in [0.2, 0.25) is 0 Å². The molecule has 0 saturated heterocycles. The van der Waals surface area contributed by atoms with Gasteiger partial charge in [0, 0.05) is 12.6 Å². The zero-order chi connectivity index (χ0) is 24.5. The van der Waals surface area contributed by atoms with Gasteiger partial charge in [-0.2, -0.15) is 4.98 Å². The van der Waals surface area contributed by atoms with Crippen LogP contribution < -0.4 is 11.2 Å². The first kappa shape index (κ1) is 25.6. The maximum Gasteiger partial charge on any atom is 0.352 e. The Labute approximate surface area is 198 Å². The summed E-state index contributed by atoms with van der Waals surface area (Å²) in [6.45, 7) is 2.16. The number of rotatable bonds is 14. The molecule has 1 aromatic rings. The van der Waals surface area contributed by atoms with E-state index in [0.717, 1.165) is 23.8 Å². The van der Waals surface area contributed by atoms with Gasteiger partial charge in [0.2, 0.25) is 0 Å². The highest BCUT2D eigenvalue weighted by molar-refractivity contribution is 5.92. The van der Waals surface area contributed by atoms with E-state index in [9.17, 15) is 24.8 Å². The van der Waals surface area contributed by atoms with Crippen molar-refractivity contribution in [1.29, 1.82) is 0 Å². The van der Waals surface area contributed by atoms with Gasteiger partial charge in [-0.15, -0.1) is 0 Å². The van der Waals surface area contributed by atoms with E-state index in [2.05, 4.69) is 11.9 Å². The summed E-state index contributed by atoms with van der Waals surface area (Å²) in [6.07, 6.45) is 11.7. The van der Waals surface area contributed by atoms with Gasteiger partial charge in [-0.1, -0.05) is 70.8 Å². The third-order valence-corrected chi connectivity index (χ3v) is 6.30. The number of non-ortho nitro benzene ring substituents is 1. The van der Waals surface area contributed by atoms with E-state index in [-0.39, 0.29) is 30.2 Å². The molecule has 0 atom stereocenters. The van der Waals surface area contributed by atoms with Gasteiger partial charge < -0.3 is 9.67 Å². The first-order valence-electron chi connectivity index (χ1n) is 12.3. The van der Waals surface area contributed by atoms with Crippen molar-refractivity contribution in [2.75, 3.05) is 6.61 Å². The Bertz CT molecular complexity index is 1200. The van der Waals surface area contributed by atoms with Crippen molar-refractivity contribution >= 4 is 16.6 Å². The summed E-state index contributed by atoms with van der Waals surface area (Å²) in [7, 11) is 0. The average molecular weight is 471 g/mol. The van der Waals surface area contributed by atoms with Crippen LogP contribution in [0.15, 0.2) is 33.9 Å². The predicted octanol–water partition coefficient (Wildman–Crippen LogP) is 4.48. The number of pyridine rings is 1. The van der Waals surface area contributed by atoms with E-state index >= 15 is 0 Å². The Morgan fingerprint density at radius 2 is 1.59 bits per heavy atom. The third kappa shape index (κ3) is 5.88. The van der Waals surface area contributed by atoms with Crippen molar-refractivity contribution in [1.82, 2.24) is 14.1 Å². The number of aryl methyl sites for hydroxylation is 1. The molecule has 34 heavy (non-hydrogen) atoms. The molecule has 2 heterocycles. The molecule has 2 aliphatic heterocycles. The van der Waals surface area contributed by atoms with Crippen molar-refractivity contribution in [3.8, 4) is 11.4 Å². The molecule has 9 nitrogen and oxygen atoms in total. The number of unbranched alkanes of at least 4 members (excludes halogenated alkanes) is 9. The van der Waals surface area contributed by atoms with Crippen LogP contribution in [-0.4, -0.2) is 30.8 Å². The highest BCUT2D eigenvalue weighted by atomic mass is 16.6. The fourth-order valence-corrected chi connectivity index (χ4v) is 4.49. The monoisotopic (exact) mass is 470 g/mol. The molecular weight excluding hydrogens is 436 g/mol. The molecular formula is C25H34N4O5. The fourth-order valence-electron chi connectivity index (χ4n) is 4.49. The minimum Gasteiger partial charge on any atom is -0.395 e. The molecule has 0 amide bonds. The lowest BCUT2D eigenvalue weighted by atomic mass is 10.1. The SMILES string of the molecule is CCCCCCCCCCCCn1c2nc(=O)n(CCO)c(=O)c-2cc2c([N+](=O)[O-])cccc21. The zero-order valence-electron chi connectivity index (χ0n) is 19.9. The number of nitro groups is 1. The second-order valence-electron chi connectivity index (χ2n) is 8.76. The first-order chi connectivity index (χ1) is 16.5. The molecule has 0 fully saturated rings. The predicted molar refractivity (Wildman–Crippen MR) is 132 cm³/mol. The molecule has 184 valence electrons. The lowest BCUT2D eigenvalue weighted by Crippen LogP contribution is -2.38. The maximum absolute atomic E-state index is 13.0. The topological polar surface area (TPSA) is 120 Å². The smallest absolute Gasteiger partial charge is 0.352 e. The standard InChI is InChI=1S/C25H34N4O5/c1-2-3-4-5-6-7-8-9-10-11-15-27-21-13-12-14-22(29(33)34)19(21)18-20-23(27)26-25(32)28(16-17-30)24(20)31/h12-14,18,30H,2-11,15-17H2,1H3. The van der Waals surface area contributed by atoms with Crippen LogP contribution in [0.25, 0.3) is 22.3 Å². The van der Waals surface area contributed by atoms with E-state index in [1.807, 2.05) is 0 Å². The fraction of sp³-hybridized carbons (Fsp3) is 0.560. The van der Waals surface area contributed by atoms with Crippen LogP contribution in [-0.2, 0) is 13.1 Å². The summed E-state index contributed by atoms with van der Waals surface area (Å²) in [5.41, 5.74) is -0.713. The number of hydrogen-bond donors (Lipinski definition) is 1. The molecule has 0 saturated carbocycles. The van der Waals surface area contributed by atoms with E-state index in [1.165, 1.54) is 57.1 Å². The summed E-state index contributed by atoms with van der Waals surface area (Å²) in [4.78, 5) is 40.7. The van der Waals surface area contributed by atoms with Crippen molar-refractivity contribution in [2.45, 2.75) is 84.2 Å². The van der Waals surface area contributed by atoms with Gasteiger partial charge in [-0.05, 0) is 18.6 Å². The average Bonchev–Trinajstić information content (AvgIpc) is 2.82. The molecule has 3 rings (SSSR count). The van der Waals surface area contributed by atoms with Crippen molar-refractivity contribution in [3.63, 3.8) is 0 Å². The highest BCUT2D eigenvalue weighted by Gasteiger charge is 2.23. The van der Waals surface area contributed by atoms with E-state index < -0.39 is 16.2 Å². The van der Waals surface area contributed by atoms with Gasteiger partial charge in [0.15, 0.2) is 5.82 Å². The Morgan fingerprint density at radius 1 is 0.941 bits per heavy atom. The van der Waals surface area contributed by atoms with E-state index in [1.54, 1.807) is 16.7 Å². The minimum absolute atomic E-state index is 0.101. The Balaban J connectivity index is 1.85. The lowest BCUT2D eigenvalue weighted by Gasteiger charge is -2.18. The van der Waals surface area contributed by atoms with Gasteiger partial charge in [0.1, 0.15) is 0 Å².